The second kappa shape index (κ2) is 3.85. The molecule has 0 unspecified atom stereocenters. The first-order chi connectivity index (χ1) is 9.31. The summed E-state index contributed by atoms with van der Waals surface area (Å²) in [5.74, 6) is 0.734. The van der Waals surface area contributed by atoms with Gasteiger partial charge in [-0.2, -0.15) is 4.68 Å². The number of benzene rings is 1. The zero-order chi connectivity index (χ0) is 12.8. The molecule has 0 spiro atoms. The molecule has 0 atom stereocenters. The molecule has 5 nitrogen and oxygen atoms in total. The molecule has 1 aliphatic carbocycles. The van der Waals surface area contributed by atoms with E-state index in [1.165, 1.54) is 24.0 Å². The number of aryl methyl sites for hydroxylation is 3. The molecule has 94 valence electrons. The minimum absolute atomic E-state index is 0.728. The lowest BCUT2D eigenvalue weighted by atomic mass is 10.1. The number of aromatic nitrogens is 5. The molecule has 5 heteroatoms. The number of fused-ring (bicyclic) bond motifs is 2. The van der Waals surface area contributed by atoms with Gasteiger partial charge in [0, 0.05) is 0 Å². The highest BCUT2D eigenvalue weighted by Gasteiger charge is 2.14. The van der Waals surface area contributed by atoms with E-state index in [4.69, 9.17) is 0 Å². The molecule has 0 saturated heterocycles. The molecule has 0 aliphatic heterocycles. The molecule has 1 aromatic carbocycles. The Labute approximate surface area is 110 Å². The van der Waals surface area contributed by atoms with Crippen molar-refractivity contribution in [2.24, 2.45) is 0 Å². The van der Waals surface area contributed by atoms with Gasteiger partial charge in [-0.3, -0.25) is 0 Å². The van der Waals surface area contributed by atoms with Crippen LogP contribution in [0.1, 0.15) is 23.4 Å². The van der Waals surface area contributed by atoms with E-state index in [2.05, 4.69) is 38.5 Å². The lowest BCUT2D eigenvalue weighted by molar-refractivity contribution is 0.814. The molecule has 0 fully saturated rings. The smallest absolute Gasteiger partial charge is 0.187 e. The van der Waals surface area contributed by atoms with Crippen molar-refractivity contribution in [1.82, 2.24) is 25.0 Å². The van der Waals surface area contributed by atoms with E-state index in [1.54, 1.807) is 10.9 Å². The highest BCUT2D eigenvalue weighted by molar-refractivity contribution is 5.70. The molecule has 0 bridgehead atoms. The summed E-state index contributed by atoms with van der Waals surface area (Å²) in [5.41, 5.74) is 5.41. The second-order valence-electron chi connectivity index (χ2n) is 4.93. The van der Waals surface area contributed by atoms with Crippen LogP contribution in [0, 0.1) is 6.92 Å². The summed E-state index contributed by atoms with van der Waals surface area (Å²) in [6.45, 7) is 1.87. The van der Waals surface area contributed by atoms with Crippen LogP contribution in [0.3, 0.4) is 0 Å². The van der Waals surface area contributed by atoms with Gasteiger partial charge >= 0.3 is 0 Å². The molecule has 19 heavy (non-hydrogen) atoms. The van der Waals surface area contributed by atoms with Gasteiger partial charge in [0.15, 0.2) is 11.2 Å². The first-order valence-electron chi connectivity index (χ1n) is 6.48. The lowest BCUT2D eigenvalue weighted by Crippen LogP contribution is -2.00. The zero-order valence-electron chi connectivity index (χ0n) is 10.7. The van der Waals surface area contributed by atoms with Gasteiger partial charge in [0.1, 0.15) is 5.82 Å². The predicted molar refractivity (Wildman–Crippen MR) is 71.2 cm³/mol. The van der Waals surface area contributed by atoms with Crippen LogP contribution >= 0.6 is 0 Å². The molecule has 2 heterocycles. The van der Waals surface area contributed by atoms with Crippen molar-refractivity contribution >= 4 is 11.2 Å². The maximum Gasteiger partial charge on any atom is 0.187 e. The molecule has 2 aromatic heterocycles. The first-order valence-corrected chi connectivity index (χ1v) is 6.48. The van der Waals surface area contributed by atoms with Crippen LogP contribution in [0.5, 0.6) is 0 Å². The summed E-state index contributed by atoms with van der Waals surface area (Å²) in [5, 5.41) is 8.31. The summed E-state index contributed by atoms with van der Waals surface area (Å²) in [6, 6.07) is 6.49. The van der Waals surface area contributed by atoms with Gasteiger partial charge in [0.05, 0.1) is 11.9 Å². The van der Waals surface area contributed by atoms with Crippen molar-refractivity contribution in [3.8, 4) is 5.69 Å². The topological polar surface area (TPSA) is 56.5 Å². The number of rotatable bonds is 1. The third kappa shape index (κ3) is 1.62. The summed E-state index contributed by atoms with van der Waals surface area (Å²) >= 11 is 0. The van der Waals surface area contributed by atoms with Crippen LogP contribution in [-0.4, -0.2) is 25.0 Å². The van der Waals surface area contributed by atoms with Gasteiger partial charge in [0.2, 0.25) is 0 Å². The largest absolute Gasteiger partial charge is 0.239 e. The average molecular weight is 251 g/mol. The van der Waals surface area contributed by atoms with E-state index in [1.807, 2.05) is 6.92 Å². The third-order valence-corrected chi connectivity index (χ3v) is 3.64. The first kappa shape index (κ1) is 10.6. The van der Waals surface area contributed by atoms with Crippen molar-refractivity contribution < 1.29 is 0 Å². The summed E-state index contributed by atoms with van der Waals surface area (Å²) in [6.07, 6.45) is 5.31. The van der Waals surface area contributed by atoms with Crippen LogP contribution < -0.4 is 0 Å². The fourth-order valence-corrected chi connectivity index (χ4v) is 2.68. The normalized spacial score (nSPS) is 13.9. The number of hydrogen-bond donors (Lipinski definition) is 0. The van der Waals surface area contributed by atoms with Crippen LogP contribution in [0.25, 0.3) is 16.9 Å². The van der Waals surface area contributed by atoms with Crippen molar-refractivity contribution in [2.75, 3.05) is 0 Å². The molecule has 0 saturated carbocycles. The minimum Gasteiger partial charge on any atom is -0.239 e. The Balaban J connectivity index is 1.92. The van der Waals surface area contributed by atoms with Gasteiger partial charge in [-0.1, -0.05) is 11.3 Å². The average Bonchev–Trinajstić information content (AvgIpc) is 3.03. The van der Waals surface area contributed by atoms with Crippen molar-refractivity contribution in [3.63, 3.8) is 0 Å². The predicted octanol–water partition coefficient (Wildman–Crippen LogP) is 2.01. The maximum atomic E-state index is 4.43. The van der Waals surface area contributed by atoms with Gasteiger partial charge in [-0.05, 0) is 49.4 Å². The van der Waals surface area contributed by atoms with Crippen LogP contribution in [-0.2, 0) is 12.8 Å². The van der Waals surface area contributed by atoms with E-state index in [0.29, 0.717) is 0 Å². The molecule has 0 radical (unpaired) electrons. The lowest BCUT2D eigenvalue weighted by Gasteiger charge is -2.05. The Hall–Kier alpha value is -2.30. The molecular formula is C14H13N5. The van der Waals surface area contributed by atoms with E-state index in [0.717, 1.165) is 29.1 Å². The Morgan fingerprint density at radius 2 is 2.05 bits per heavy atom. The molecule has 1 aliphatic rings. The number of nitrogens with zero attached hydrogens (tertiary/aromatic N) is 5. The minimum atomic E-state index is 0.728. The molecule has 0 amide bonds. The molecule has 4 rings (SSSR count). The highest BCUT2D eigenvalue weighted by atomic mass is 15.4. The van der Waals surface area contributed by atoms with Gasteiger partial charge < -0.3 is 0 Å². The number of hydrogen-bond acceptors (Lipinski definition) is 4. The Bertz CT molecular complexity index is 775. The van der Waals surface area contributed by atoms with Crippen LogP contribution in [0.2, 0.25) is 0 Å². The summed E-state index contributed by atoms with van der Waals surface area (Å²) < 4.78 is 1.79. The standard InChI is InChI=1S/C14H13N5/c1-9-15-8-13-14(16-9)19(18-17-13)12-6-5-10-3-2-4-11(10)7-12/h5-8H,2-4H2,1H3. The molecule has 0 N–H and O–H groups in total. The quantitative estimate of drug-likeness (QED) is 0.664. The van der Waals surface area contributed by atoms with E-state index >= 15 is 0 Å². The van der Waals surface area contributed by atoms with E-state index < -0.39 is 0 Å². The van der Waals surface area contributed by atoms with Gasteiger partial charge in [0.25, 0.3) is 0 Å². The van der Waals surface area contributed by atoms with Crippen LogP contribution in [0.15, 0.2) is 24.4 Å². The molecule has 3 aromatic rings. The Morgan fingerprint density at radius 1 is 1.16 bits per heavy atom. The SMILES string of the molecule is Cc1ncc2nnn(-c3ccc4c(c3)CCC4)c2n1. The Kier molecular flexibility index (Phi) is 2.15. The summed E-state index contributed by atoms with van der Waals surface area (Å²) in [7, 11) is 0. The Morgan fingerprint density at radius 3 is 3.00 bits per heavy atom. The van der Waals surface area contributed by atoms with E-state index in [-0.39, 0.29) is 0 Å². The summed E-state index contributed by atoms with van der Waals surface area (Å²) in [4.78, 5) is 8.58. The van der Waals surface area contributed by atoms with Crippen LogP contribution in [0.4, 0.5) is 0 Å². The fourth-order valence-electron chi connectivity index (χ4n) is 2.68. The zero-order valence-corrected chi connectivity index (χ0v) is 10.7. The van der Waals surface area contributed by atoms with E-state index in [9.17, 15) is 0 Å². The van der Waals surface area contributed by atoms with Crippen molar-refractivity contribution in [3.05, 3.63) is 41.3 Å². The second-order valence-corrected chi connectivity index (χ2v) is 4.93. The maximum absolute atomic E-state index is 4.43. The fraction of sp³-hybridized carbons (Fsp3) is 0.286. The van der Waals surface area contributed by atoms with Gasteiger partial charge in [-0.25, -0.2) is 9.97 Å². The van der Waals surface area contributed by atoms with Crippen molar-refractivity contribution in [1.29, 1.82) is 0 Å². The third-order valence-electron chi connectivity index (χ3n) is 3.64. The monoisotopic (exact) mass is 251 g/mol. The van der Waals surface area contributed by atoms with Gasteiger partial charge in [-0.15, -0.1) is 5.10 Å². The molecular weight excluding hydrogens is 238 g/mol. The highest BCUT2D eigenvalue weighted by Crippen LogP contribution is 2.25. The van der Waals surface area contributed by atoms with Crippen molar-refractivity contribution in [2.45, 2.75) is 26.2 Å².